The lowest BCUT2D eigenvalue weighted by Crippen LogP contribution is -2.13. The zero-order valence-electron chi connectivity index (χ0n) is 22.5. The van der Waals surface area contributed by atoms with Gasteiger partial charge in [0.05, 0.1) is 0 Å². The van der Waals surface area contributed by atoms with Crippen LogP contribution in [-0.4, -0.2) is 14.9 Å². The van der Waals surface area contributed by atoms with Crippen LogP contribution < -0.4 is 0 Å². The molecule has 0 bridgehead atoms. The minimum Gasteiger partial charge on any atom is -0.350 e. The molecule has 5 heteroatoms. The number of ketones is 1. The molecule has 0 spiro atoms. The van der Waals surface area contributed by atoms with Crippen molar-refractivity contribution in [3.05, 3.63) is 142 Å². The van der Waals surface area contributed by atoms with E-state index in [1.807, 2.05) is 48.5 Å². The maximum Gasteiger partial charge on any atom is 0.134 e. The quantitative estimate of drug-likeness (QED) is 0.181. The molecular weight excluding hydrogens is 535 g/mol. The molecule has 0 aliphatic rings. The Kier molecular flexibility index (Phi) is 7.27. The van der Waals surface area contributed by atoms with Crippen molar-refractivity contribution in [2.45, 2.75) is 24.7 Å². The van der Waals surface area contributed by atoms with Crippen LogP contribution in [0.15, 0.2) is 109 Å². The standard InChI is InChI=1S/C35H30Cl2N2O/c1-38-21-32(28-7-3-5-9-34(28)38)30(23-11-15-25(36)16-12-23)19-27(40)20-31(24-13-17-26(37)18-14-24)33-22-39(2)35-10-6-4-8-29(33)35/h3-18,21-22,30-31H,19-20H2,1-2H3. The van der Waals surface area contributed by atoms with E-state index in [1.165, 1.54) is 10.8 Å². The van der Waals surface area contributed by atoms with Crippen molar-refractivity contribution in [1.29, 1.82) is 0 Å². The van der Waals surface area contributed by atoms with Crippen molar-refractivity contribution in [3.63, 3.8) is 0 Å². The highest BCUT2D eigenvalue weighted by Gasteiger charge is 2.27. The topological polar surface area (TPSA) is 26.9 Å². The van der Waals surface area contributed by atoms with Crippen LogP contribution >= 0.6 is 23.2 Å². The fraction of sp³-hybridized carbons (Fsp3) is 0.171. The lowest BCUT2D eigenvalue weighted by Gasteiger charge is -2.21. The van der Waals surface area contributed by atoms with Gasteiger partial charge in [-0.25, -0.2) is 0 Å². The van der Waals surface area contributed by atoms with Crippen molar-refractivity contribution in [2.24, 2.45) is 14.1 Å². The minimum atomic E-state index is -0.0887. The predicted octanol–water partition coefficient (Wildman–Crippen LogP) is 9.29. The molecule has 0 aliphatic heterocycles. The summed E-state index contributed by atoms with van der Waals surface area (Å²) in [5, 5.41) is 3.71. The zero-order chi connectivity index (χ0) is 27.8. The second-order valence-electron chi connectivity index (χ2n) is 10.6. The summed E-state index contributed by atoms with van der Waals surface area (Å²) in [4.78, 5) is 14.1. The second kappa shape index (κ2) is 11.0. The highest BCUT2D eigenvalue weighted by atomic mass is 35.5. The Hall–Kier alpha value is -3.79. The number of halogens is 2. The van der Waals surface area contributed by atoms with Crippen LogP contribution in [0, 0.1) is 0 Å². The first kappa shape index (κ1) is 26.4. The summed E-state index contributed by atoms with van der Waals surface area (Å²) in [6, 6.07) is 32.6. The predicted molar refractivity (Wildman–Crippen MR) is 167 cm³/mol. The van der Waals surface area contributed by atoms with Crippen LogP contribution in [0.5, 0.6) is 0 Å². The van der Waals surface area contributed by atoms with Crippen molar-refractivity contribution >= 4 is 50.8 Å². The van der Waals surface area contributed by atoms with Gasteiger partial charge in [0.25, 0.3) is 0 Å². The highest BCUT2D eigenvalue weighted by molar-refractivity contribution is 6.30. The van der Waals surface area contributed by atoms with Crippen LogP contribution in [0.3, 0.4) is 0 Å². The molecule has 2 aromatic heterocycles. The van der Waals surface area contributed by atoms with Crippen LogP contribution in [0.25, 0.3) is 21.8 Å². The van der Waals surface area contributed by atoms with E-state index in [4.69, 9.17) is 23.2 Å². The van der Waals surface area contributed by atoms with Crippen LogP contribution in [0.1, 0.15) is 46.9 Å². The van der Waals surface area contributed by atoms with Gasteiger partial charge in [-0.05, 0) is 58.7 Å². The molecule has 0 fully saturated rings. The van der Waals surface area contributed by atoms with E-state index in [9.17, 15) is 4.79 Å². The van der Waals surface area contributed by atoms with Gasteiger partial charge in [0.1, 0.15) is 5.78 Å². The van der Waals surface area contributed by atoms with Crippen LogP contribution in [0.4, 0.5) is 0 Å². The number of para-hydroxylation sites is 2. The molecule has 2 atom stereocenters. The molecule has 2 heterocycles. The van der Waals surface area contributed by atoms with Crippen molar-refractivity contribution in [2.75, 3.05) is 0 Å². The number of carbonyl (C=O) groups excluding carboxylic acids is 1. The number of rotatable bonds is 8. The van der Waals surface area contributed by atoms with E-state index < -0.39 is 0 Å². The second-order valence-corrected chi connectivity index (χ2v) is 11.5. The largest absolute Gasteiger partial charge is 0.350 e. The first-order chi connectivity index (χ1) is 19.4. The summed E-state index contributed by atoms with van der Waals surface area (Å²) in [5.41, 5.74) is 6.78. The highest BCUT2D eigenvalue weighted by Crippen LogP contribution is 2.39. The Morgan fingerprint density at radius 2 is 0.975 bits per heavy atom. The molecule has 6 aromatic rings. The van der Waals surface area contributed by atoms with Gasteiger partial charge >= 0.3 is 0 Å². The van der Waals surface area contributed by atoms with Gasteiger partial charge in [-0.1, -0.05) is 83.9 Å². The third kappa shape index (κ3) is 5.08. The van der Waals surface area contributed by atoms with E-state index in [0.29, 0.717) is 22.9 Å². The average molecular weight is 566 g/mol. The number of nitrogens with zero attached hydrogens (tertiary/aromatic N) is 2. The summed E-state index contributed by atoms with van der Waals surface area (Å²) in [6.07, 6.45) is 5.12. The van der Waals surface area contributed by atoms with E-state index >= 15 is 0 Å². The number of fused-ring (bicyclic) bond motifs is 2. The van der Waals surface area contributed by atoms with Crippen LogP contribution in [-0.2, 0) is 18.9 Å². The van der Waals surface area contributed by atoms with Crippen molar-refractivity contribution in [3.8, 4) is 0 Å². The Labute approximate surface area is 244 Å². The van der Waals surface area contributed by atoms with E-state index in [-0.39, 0.29) is 17.6 Å². The maximum atomic E-state index is 14.1. The summed E-state index contributed by atoms with van der Waals surface area (Å²) in [5.74, 6) is 0.0317. The summed E-state index contributed by atoms with van der Waals surface area (Å²) < 4.78 is 4.29. The molecule has 0 saturated heterocycles. The fourth-order valence-electron chi connectivity index (χ4n) is 6.04. The van der Waals surface area contributed by atoms with Gasteiger partial charge in [0.15, 0.2) is 0 Å². The normalized spacial score (nSPS) is 13.1. The number of carbonyl (C=O) groups is 1. The minimum absolute atomic E-state index is 0.0887. The smallest absolute Gasteiger partial charge is 0.134 e. The first-order valence-electron chi connectivity index (χ1n) is 13.5. The molecule has 3 nitrogen and oxygen atoms in total. The maximum absolute atomic E-state index is 14.1. The molecule has 0 saturated carbocycles. The Morgan fingerprint density at radius 3 is 1.38 bits per heavy atom. The van der Waals surface area contributed by atoms with Crippen LogP contribution in [0.2, 0.25) is 10.0 Å². The molecule has 200 valence electrons. The van der Waals surface area contributed by atoms with Gasteiger partial charge in [-0.3, -0.25) is 4.79 Å². The Morgan fingerprint density at radius 1 is 0.600 bits per heavy atom. The Balaban J connectivity index is 1.40. The van der Waals surface area contributed by atoms with Gasteiger partial charge in [-0.15, -0.1) is 0 Å². The van der Waals surface area contributed by atoms with E-state index in [0.717, 1.165) is 33.3 Å². The molecular formula is C35H30Cl2N2O. The molecule has 0 radical (unpaired) electrons. The fourth-order valence-corrected chi connectivity index (χ4v) is 6.30. The number of aryl methyl sites for hydroxylation is 2. The van der Waals surface area contributed by atoms with Gasteiger partial charge < -0.3 is 9.13 Å². The molecule has 0 amide bonds. The monoisotopic (exact) mass is 564 g/mol. The van der Waals surface area contributed by atoms with E-state index in [2.05, 4.69) is 84.2 Å². The van der Waals surface area contributed by atoms with Crippen molar-refractivity contribution < 1.29 is 4.79 Å². The first-order valence-corrected chi connectivity index (χ1v) is 14.2. The lowest BCUT2D eigenvalue weighted by molar-refractivity contribution is -0.119. The summed E-state index contributed by atoms with van der Waals surface area (Å²) in [7, 11) is 4.12. The van der Waals surface area contributed by atoms with Gasteiger partial charge in [-0.2, -0.15) is 0 Å². The number of hydrogen-bond acceptors (Lipinski definition) is 1. The zero-order valence-corrected chi connectivity index (χ0v) is 24.0. The molecule has 6 rings (SSSR count). The number of hydrogen-bond donors (Lipinski definition) is 0. The molecule has 2 unspecified atom stereocenters. The average Bonchev–Trinajstić information content (AvgIpc) is 3.48. The van der Waals surface area contributed by atoms with E-state index in [1.54, 1.807) is 0 Å². The number of aromatic nitrogens is 2. The van der Waals surface area contributed by atoms with Crippen molar-refractivity contribution in [1.82, 2.24) is 9.13 Å². The molecule has 0 aliphatic carbocycles. The Bertz CT molecular complexity index is 1680. The number of Topliss-reactive ketones (excluding diaryl/α,β-unsaturated/α-hetero) is 1. The summed E-state index contributed by atoms with van der Waals surface area (Å²) >= 11 is 12.5. The molecule has 40 heavy (non-hydrogen) atoms. The third-order valence-electron chi connectivity index (χ3n) is 8.01. The molecule has 4 aromatic carbocycles. The summed E-state index contributed by atoms with van der Waals surface area (Å²) in [6.45, 7) is 0. The lowest BCUT2D eigenvalue weighted by atomic mass is 9.82. The number of benzene rings is 4. The van der Waals surface area contributed by atoms with Gasteiger partial charge in [0.2, 0.25) is 0 Å². The third-order valence-corrected chi connectivity index (χ3v) is 8.52. The SMILES string of the molecule is Cn1cc(C(CC(=O)CC(c2ccc(Cl)cc2)c2cn(C)c3ccccc23)c2ccc(Cl)cc2)c2ccccc21. The molecule has 0 N–H and O–H groups in total. The van der Waals surface area contributed by atoms with Gasteiger partial charge in [0, 0.05) is 83.0 Å².